The van der Waals surface area contributed by atoms with Gasteiger partial charge in [0.2, 0.25) is 0 Å². The maximum Gasteiger partial charge on any atom is 0.252 e. The fourth-order valence-corrected chi connectivity index (χ4v) is 1.61. The fraction of sp³-hybridized carbons (Fsp3) is 0.455. The molecule has 4 heteroatoms. The molecule has 82 valence electrons. The van der Waals surface area contributed by atoms with Crippen LogP contribution in [0.3, 0.4) is 0 Å². The minimum atomic E-state index is -0.520. The maximum atomic E-state index is 11.1. The second-order valence-corrected chi connectivity index (χ2v) is 4.15. The summed E-state index contributed by atoms with van der Waals surface area (Å²) in [6.45, 7) is 6.03. The van der Waals surface area contributed by atoms with Crippen molar-refractivity contribution in [1.82, 2.24) is 4.98 Å². The van der Waals surface area contributed by atoms with Gasteiger partial charge in [-0.3, -0.25) is 4.79 Å². The molecular formula is C11H17N3O. The third kappa shape index (κ3) is 2.68. The molecule has 4 N–H and O–H groups in total. The van der Waals surface area contributed by atoms with Crippen molar-refractivity contribution in [3.8, 4) is 0 Å². The molecule has 0 radical (unpaired) electrons. The number of amides is 1. The molecule has 1 aromatic heterocycles. The van der Waals surface area contributed by atoms with Crippen molar-refractivity contribution >= 4 is 11.7 Å². The Morgan fingerprint density at radius 1 is 1.53 bits per heavy atom. The van der Waals surface area contributed by atoms with E-state index >= 15 is 0 Å². The number of carbonyl (C=O) groups is 1. The standard InChI is InChI=1S/C11H17N3O/c1-6(2)4-8-5-7(3)9(11(13)15)10(12)14-8/h5-6H,4H2,1-3H3,(H2,12,14)(H2,13,15). The summed E-state index contributed by atoms with van der Waals surface area (Å²) in [5, 5.41) is 0. The van der Waals surface area contributed by atoms with Crippen LogP contribution in [0.4, 0.5) is 5.82 Å². The summed E-state index contributed by atoms with van der Waals surface area (Å²) in [5.74, 6) is 0.225. The van der Waals surface area contributed by atoms with Gasteiger partial charge in [-0.25, -0.2) is 4.98 Å². The van der Waals surface area contributed by atoms with Gasteiger partial charge in [-0.2, -0.15) is 0 Å². The van der Waals surface area contributed by atoms with Gasteiger partial charge in [-0.05, 0) is 30.9 Å². The first-order chi connectivity index (χ1) is 6.91. The Balaban J connectivity index is 3.14. The third-order valence-corrected chi connectivity index (χ3v) is 2.16. The predicted molar refractivity (Wildman–Crippen MR) is 60.4 cm³/mol. The van der Waals surface area contributed by atoms with Crippen molar-refractivity contribution < 1.29 is 4.79 Å². The van der Waals surface area contributed by atoms with Crippen molar-refractivity contribution in [3.05, 3.63) is 22.9 Å². The molecule has 0 aliphatic heterocycles. The lowest BCUT2D eigenvalue weighted by atomic mass is 10.0. The number of aromatic nitrogens is 1. The highest BCUT2D eigenvalue weighted by Crippen LogP contribution is 2.17. The summed E-state index contributed by atoms with van der Waals surface area (Å²) in [7, 11) is 0. The molecule has 0 aromatic carbocycles. The molecule has 0 saturated carbocycles. The molecule has 0 fully saturated rings. The average Bonchev–Trinajstić information content (AvgIpc) is 1.99. The third-order valence-electron chi connectivity index (χ3n) is 2.16. The van der Waals surface area contributed by atoms with Gasteiger partial charge in [0.05, 0.1) is 5.56 Å². The van der Waals surface area contributed by atoms with Crippen LogP contribution in [0, 0.1) is 12.8 Å². The summed E-state index contributed by atoms with van der Waals surface area (Å²) in [4.78, 5) is 15.3. The number of nitrogens with two attached hydrogens (primary N) is 2. The van der Waals surface area contributed by atoms with Crippen molar-refractivity contribution in [3.63, 3.8) is 0 Å². The highest BCUT2D eigenvalue weighted by Gasteiger charge is 2.12. The molecule has 0 unspecified atom stereocenters. The number of hydrogen-bond acceptors (Lipinski definition) is 3. The van der Waals surface area contributed by atoms with Crippen LogP contribution >= 0.6 is 0 Å². The van der Waals surface area contributed by atoms with E-state index in [0.717, 1.165) is 17.7 Å². The summed E-state index contributed by atoms with van der Waals surface area (Å²) in [6.07, 6.45) is 0.851. The van der Waals surface area contributed by atoms with Gasteiger partial charge in [0.25, 0.3) is 5.91 Å². The maximum absolute atomic E-state index is 11.1. The van der Waals surface area contributed by atoms with E-state index in [1.54, 1.807) is 0 Å². The van der Waals surface area contributed by atoms with Crippen LogP contribution in [-0.2, 0) is 6.42 Å². The Kier molecular flexibility index (Phi) is 3.29. The van der Waals surface area contributed by atoms with E-state index in [1.165, 1.54) is 0 Å². The summed E-state index contributed by atoms with van der Waals surface area (Å²) >= 11 is 0. The van der Waals surface area contributed by atoms with Gasteiger partial charge >= 0.3 is 0 Å². The molecular weight excluding hydrogens is 190 g/mol. The van der Waals surface area contributed by atoms with Crippen LogP contribution < -0.4 is 11.5 Å². The van der Waals surface area contributed by atoms with Crippen LogP contribution in [0.15, 0.2) is 6.07 Å². The Morgan fingerprint density at radius 2 is 2.13 bits per heavy atom. The van der Waals surface area contributed by atoms with E-state index < -0.39 is 5.91 Å². The predicted octanol–water partition coefficient (Wildman–Crippen LogP) is 1.27. The first kappa shape index (κ1) is 11.5. The molecule has 0 bridgehead atoms. The zero-order valence-electron chi connectivity index (χ0n) is 9.37. The van der Waals surface area contributed by atoms with E-state index in [0.29, 0.717) is 11.5 Å². The van der Waals surface area contributed by atoms with Crippen molar-refractivity contribution in [1.29, 1.82) is 0 Å². The summed E-state index contributed by atoms with van der Waals surface area (Å²) in [6, 6.07) is 1.87. The topological polar surface area (TPSA) is 82.0 Å². The molecule has 4 nitrogen and oxygen atoms in total. The fourth-order valence-electron chi connectivity index (χ4n) is 1.61. The quantitative estimate of drug-likeness (QED) is 0.783. The number of rotatable bonds is 3. The van der Waals surface area contributed by atoms with Gasteiger partial charge in [0.15, 0.2) is 0 Å². The van der Waals surface area contributed by atoms with E-state index in [1.807, 2.05) is 13.0 Å². The molecule has 1 heterocycles. The molecule has 0 saturated heterocycles. The first-order valence-electron chi connectivity index (χ1n) is 4.97. The smallest absolute Gasteiger partial charge is 0.252 e. The summed E-state index contributed by atoms with van der Waals surface area (Å²) < 4.78 is 0. The van der Waals surface area contributed by atoms with Gasteiger partial charge in [0, 0.05) is 5.69 Å². The van der Waals surface area contributed by atoms with Gasteiger partial charge < -0.3 is 11.5 Å². The lowest BCUT2D eigenvalue weighted by Crippen LogP contribution is -2.17. The van der Waals surface area contributed by atoms with Crippen molar-refractivity contribution in [2.24, 2.45) is 11.7 Å². The van der Waals surface area contributed by atoms with E-state index in [4.69, 9.17) is 11.5 Å². The SMILES string of the molecule is Cc1cc(CC(C)C)nc(N)c1C(N)=O. The Bertz CT molecular complexity index is 362. The lowest BCUT2D eigenvalue weighted by Gasteiger charge is -2.10. The van der Waals surface area contributed by atoms with Gasteiger partial charge in [-0.15, -0.1) is 0 Å². The summed E-state index contributed by atoms with van der Waals surface area (Å²) in [5.41, 5.74) is 12.9. The van der Waals surface area contributed by atoms with Crippen molar-refractivity contribution in [2.75, 3.05) is 5.73 Å². The van der Waals surface area contributed by atoms with Crippen LogP contribution in [0.1, 0.15) is 35.5 Å². The van der Waals surface area contributed by atoms with Gasteiger partial charge in [0.1, 0.15) is 5.82 Å². The monoisotopic (exact) mass is 207 g/mol. The molecule has 1 amide bonds. The molecule has 15 heavy (non-hydrogen) atoms. The number of anilines is 1. The minimum absolute atomic E-state index is 0.234. The van der Waals surface area contributed by atoms with E-state index in [-0.39, 0.29) is 5.82 Å². The van der Waals surface area contributed by atoms with E-state index in [9.17, 15) is 4.79 Å². The van der Waals surface area contributed by atoms with Crippen LogP contribution in [-0.4, -0.2) is 10.9 Å². The highest BCUT2D eigenvalue weighted by atomic mass is 16.1. The molecule has 0 spiro atoms. The highest BCUT2D eigenvalue weighted by molar-refractivity contribution is 5.98. The number of hydrogen-bond donors (Lipinski definition) is 2. The molecule has 0 aliphatic rings. The number of aryl methyl sites for hydroxylation is 1. The normalized spacial score (nSPS) is 10.7. The van der Waals surface area contributed by atoms with Crippen LogP contribution in [0.5, 0.6) is 0 Å². The van der Waals surface area contributed by atoms with E-state index in [2.05, 4.69) is 18.8 Å². The molecule has 1 aromatic rings. The second kappa shape index (κ2) is 4.29. The number of nitrogen functional groups attached to an aromatic ring is 1. The molecule has 0 atom stereocenters. The number of carbonyl (C=O) groups excluding carboxylic acids is 1. The zero-order valence-corrected chi connectivity index (χ0v) is 9.37. The van der Waals surface area contributed by atoms with Crippen LogP contribution in [0.25, 0.3) is 0 Å². The molecule has 0 aliphatic carbocycles. The second-order valence-electron chi connectivity index (χ2n) is 4.15. The van der Waals surface area contributed by atoms with Crippen molar-refractivity contribution in [2.45, 2.75) is 27.2 Å². The number of primary amides is 1. The Labute approximate surface area is 89.7 Å². The Morgan fingerprint density at radius 3 is 2.53 bits per heavy atom. The lowest BCUT2D eigenvalue weighted by molar-refractivity contribution is 0.100. The minimum Gasteiger partial charge on any atom is -0.383 e. The van der Waals surface area contributed by atoms with Crippen LogP contribution in [0.2, 0.25) is 0 Å². The zero-order chi connectivity index (χ0) is 11.6. The number of pyridine rings is 1. The molecule has 1 rings (SSSR count). The first-order valence-corrected chi connectivity index (χ1v) is 4.97. The largest absolute Gasteiger partial charge is 0.383 e. The van der Waals surface area contributed by atoms with Gasteiger partial charge in [-0.1, -0.05) is 13.8 Å². The number of nitrogens with zero attached hydrogens (tertiary/aromatic N) is 1. The Hall–Kier alpha value is -1.58. The average molecular weight is 207 g/mol.